The Morgan fingerprint density at radius 2 is 2.07 bits per heavy atom. The summed E-state index contributed by atoms with van der Waals surface area (Å²) in [6.45, 7) is 0.511. The summed E-state index contributed by atoms with van der Waals surface area (Å²) in [7, 11) is -3.70. The second kappa shape index (κ2) is 8.58. The van der Waals surface area contributed by atoms with Crippen molar-refractivity contribution in [1.29, 1.82) is 0 Å². The first kappa shape index (κ1) is 19.4. The van der Waals surface area contributed by atoms with Crippen molar-refractivity contribution in [3.63, 3.8) is 0 Å². The van der Waals surface area contributed by atoms with E-state index in [4.69, 9.17) is 0 Å². The summed E-state index contributed by atoms with van der Waals surface area (Å²) >= 11 is 1.10. The van der Waals surface area contributed by atoms with Gasteiger partial charge in [-0.15, -0.1) is 11.3 Å². The zero-order chi connectivity index (χ0) is 19.3. The number of phenolic OH excluding ortho intramolecular Hbond substituents is 1. The summed E-state index contributed by atoms with van der Waals surface area (Å²) in [6, 6.07) is 7.26. The number of allylic oxidation sites excluding steroid dienone is 1. The summed E-state index contributed by atoms with van der Waals surface area (Å²) in [5, 5.41) is 14.6. The van der Waals surface area contributed by atoms with Gasteiger partial charge in [-0.3, -0.25) is 9.52 Å². The first-order valence-corrected chi connectivity index (χ1v) is 11.2. The standard InChI is InChI=1S/C19H22N2O4S2/c22-17-13-15(21-27(24,25)18-7-4-12-26-18)8-9-16(17)19(23)20-11-10-14-5-2-1-3-6-14/h4-5,7-9,12-13,21-22H,1-3,6,10-11H2,(H,20,23). The minimum Gasteiger partial charge on any atom is -0.507 e. The van der Waals surface area contributed by atoms with Gasteiger partial charge in [-0.05, 0) is 55.7 Å². The molecule has 0 unspecified atom stereocenters. The number of amides is 1. The van der Waals surface area contributed by atoms with E-state index in [0.29, 0.717) is 6.54 Å². The molecular formula is C19H22N2O4S2. The number of sulfonamides is 1. The van der Waals surface area contributed by atoms with Crippen LogP contribution in [0, 0.1) is 0 Å². The molecule has 0 atom stereocenters. The molecule has 1 aliphatic carbocycles. The van der Waals surface area contributed by atoms with Gasteiger partial charge < -0.3 is 10.4 Å². The van der Waals surface area contributed by atoms with Crippen LogP contribution >= 0.6 is 11.3 Å². The van der Waals surface area contributed by atoms with Gasteiger partial charge in [0.15, 0.2) is 0 Å². The van der Waals surface area contributed by atoms with Crippen molar-refractivity contribution >= 4 is 33.0 Å². The lowest BCUT2D eigenvalue weighted by molar-refractivity contribution is 0.0951. The molecule has 0 aliphatic heterocycles. The summed E-state index contributed by atoms with van der Waals surface area (Å²) in [4.78, 5) is 12.3. The molecule has 0 saturated carbocycles. The third-order valence-electron chi connectivity index (χ3n) is 4.37. The van der Waals surface area contributed by atoms with Crippen LogP contribution in [-0.4, -0.2) is 26.0 Å². The molecule has 1 aliphatic rings. The predicted octanol–water partition coefficient (Wildman–Crippen LogP) is 3.87. The van der Waals surface area contributed by atoms with Crippen molar-refractivity contribution in [2.75, 3.05) is 11.3 Å². The van der Waals surface area contributed by atoms with E-state index < -0.39 is 10.0 Å². The van der Waals surface area contributed by atoms with Crippen LogP contribution in [0.25, 0.3) is 0 Å². The number of thiophene rings is 1. The van der Waals surface area contributed by atoms with Crippen LogP contribution in [0.5, 0.6) is 5.75 Å². The number of phenols is 1. The van der Waals surface area contributed by atoms with Crippen molar-refractivity contribution in [2.45, 2.75) is 36.3 Å². The van der Waals surface area contributed by atoms with Crippen LogP contribution in [0.2, 0.25) is 0 Å². The van der Waals surface area contributed by atoms with Gasteiger partial charge in [0, 0.05) is 12.6 Å². The molecule has 1 amide bonds. The number of rotatable bonds is 7. The van der Waals surface area contributed by atoms with Crippen LogP contribution < -0.4 is 10.0 Å². The fourth-order valence-corrected chi connectivity index (χ4v) is 5.01. The lowest BCUT2D eigenvalue weighted by atomic mass is 9.97. The van der Waals surface area contributed by atoms with Crippen molar-refractivity contribution in [2.24, 2.45) is 0 Å². The molecule has 1 aromatic carbocycles. The molecule has 1 heterocycles. The molecule has 2 aromatic rings. The fourth-order valence-electron chi connectivity index (χ4n) is 2.97. The first-order chi connectivity index (χ1) is 13.0. The van der Waals surface area contributed by atoms with Crippen molar-refractivity contribution in [3.05, 3.63) is 52.9 Å². The highest BCUT2D eigenvalue weighted by molar-refractivity contribution is 7.94. The molecule has 0 radical (unpaired) electrons. The number of hydrogen-bond donors (Lipinski definition) is 3. The van der Waals surface area contributed by atoms with E-state index in [1.54, 1.807) is 11.4 Å². The molecule has 0 saturated heterocycles. The topological polar surface area (TPSA) is 95.5 Å². The largest absolute Gasteiger partial charge is 0.507 e. The number of anilines is 1. The van der Waals surface area contributed by atoms with E-state index in [1.807, 2.05) is 0 Å². The van der Waals surface area contributed by atoms with Crippen LogP contribution in [0.15, 0.2) is 51.6 Å². The van der Waals surface area contributed by atoms with Crippen LogP contribution in [0.3, 0.4) is 0 Å². The molecule has 3 N–H and O–H groups in total. The molecule has 1 aromatic heterocycles. The Labute approximate surface area is 163 Å². The number of hydrogen-bond acceptors (Lipinski definition) is 5. The number of benzene rings is 1. The van der Waals surface area contributed by atoms with E-state index >= 15 is 0 Å². The summed E-state index contributed by atoms with van der Waals surface area (Å²) in [5.41, 5.74) is 1.68. The molecule has 0 spiro atoms. The number of nitrogens with one attached hydrogen (secondary N) is 2. The van der Waals surface area contributed by atoms with E-state index in [2.05, 4.69) is 16.1 Å². The van der Waals surface area contributed by atoms with E-state index in [-0.39, 0.29) is 27.1 Å². The van der Waals surface area contributed by atoms with E-state index in [1.165, 1.54) is 42.7 Å². The molecular weight excluding hydrogens is 384 g/mol. The van der Waals surface area contributed by atoms with Gasteiger partial charge in [-0.2, -0.15) is 0 Å². The highest BCUT2D eigenvalue weighted by Crippen LogP contribution is 2.25. The number of carbonyl (C=O) groups is 1. The molecule has 0 fully saturated rings. The van der Waals surface area contributed by atoms with Crippen LogP contribution in [0.1, 0.15) is 42.5 Å². The van der Waals surface area contributed by atoms with Crippen molar-refractivity contribution < 1.29 is 18.3 Å². The van der Waals surface area contributed by atoms with Gasteiger partial charge in [0.2, 0.25) is 0 Å². The SMILES string of the molecule is O=C(NCCC1=CCCCC1)c1ccc(NS(=O)(=O)c2cccs2)cc1O. The minimum atomic E-state index is -3.70. The Morgan fingerprint density at radius 1 is 1.22 bits per heavy atom. The molecule has 6 nitrogen and oxygen atoms in total. The Bertz CT molecular complexity index is 935. The summed E-state index contributed by atoms with van der Waals surface area (Å²) in [6.07, 6.45) is 7.66. The van der Waals surface area contributed by atoms with Gasteiger partial charge in [-0.25, -0.2) is 8.42 Å². The zero-order valence-electron chi connectivity index (χ0n) is 14.8. The lowest BCUT2D eigenvalue weighted by Crippen LogP contribution is -2.25. The molecule has 144 valence electrons. The first-order valence-electron chi connectivity index (χ1n) is 8.81. The highest BCUT2D eigenvalue weighted by Gasteiger charge is 2.17. The summed E-state index contributed by atoms with van der Waals surface area (Å²) < 4.78 is 27.0. The quantitative estimate of drug-likeness (QED) is 0.608. The fraction of sp³-hybridized carbons (Fsp3) is 0.316. The molecule has 3 rings (SSSR count). The maximum absolute atomic E-state index is 12.3. The number of aromatic hydroxyl groups is 1. The molecule has 0 bridgehead atoms. The number of carbonyl (C=O) groups excluding carboxylic acids is 1. The third-order valence-corrected chi connectivity index (χ3v) is 7.15. The maximum atomic E-state index is 12.3. The second-order valence-electron chi connectivity index (χ2n) is 6.38. The smallest absolute Gasteiger partial charge is 0.271 e. The normalized spacial score (nSPS) is 14.4. The molecule has 8 heteroatoms. The van der Waals surface area contributed by atoms with E-state index in [9.17, 15) is 18.3 Å². The lowest BCUT2D eigenvalue weighted by Gasteiger charge is -2.13. The molecule has 27 heavy (non-hydrogen) atoms. The Morgan fingerprint density at radius 3 is 2.74 bits per heavy atom. The Kier molecular flexibility index (Phi) is 6.18. The maximum Gasteiger partial charge on any atom is 0.271 e. The van der Waals surface area contributed by atoms with Gasteiger partial charge >= 0.3 is 0 Å². The average Bonchev–Trinajstić information content (AvgIpc) is 3.18. The second-order valence-corrected chi connectivity index (χ2v) is 9.24. The average molecular weight is 407 g/mol. The Hall–Kier alpha value is -2.32. The van der Waals surface area contributed by atoms with Gasteiger partial charge in [0.1, 0.15) is 9.96 Å². The van der Waals surface area contributed by atoms with Gasteiger partial charge in [0.05, 0.1) is 11.3 Å². The zero-order valence-corrected chi connectivity index (χ0v) is 16.4. The predicted molar refractivity (Wildman–Crippen MR) is 107 cm³/mol. The minimum absolute atomic E-state index is 0.117. The highest BCUT2D eigenvalue weighted by atomic mass is 32.2. The third kappa shape index (κ3) is 5.11. The van der Waals surface area contributed by atoms with Crippen molar-refractivity contribution in [3.8, 4) is 5.75 Å². The summed E-state index contributed by atoms with van der Waals surface area (Å²) in [5.74, 6) is -0.646. The monoisotopic (exact) mass is 406 g/mol. The Balaban J connectivity index is 1.60. The van der Waals surface area contributed by atoms with Gasteiger partial charge in [0.25, 0.3) is 15.9 Å². The van der Waals surface area contributed by atoms with E-state index in [0.717, 1.165) is 30.6 Å². The van der Waals surface area contributed by atoms with Crippen LogP contribution in [0.4, 0.5) is 5.69 Å². The van der Waals surface area contributed by atoms with Gasteiger partial charge in [-0.1, -0.05) is 17.7 Å². The van der Waals surface area contributed by atoms with Crippen molar-refractivity contribution in [1.82, 2.24) is 5.32 Å². The van der Waals surface area contributed by atoms with Crippen LogP contribution in [-0.2, 0) is 10.0 Å².